The van der Waals surface area contributed by atoms with Gasteiger partial charge in [0.2, 0.25) is 0 Å². The number of carbonyl (C=O) groups is 1. The lowest BCUT2D eigenvalue weighted by molar-refractivity contribution is 0.0186. The molecule has 27 heavy (non-hydrogen) atoms. The van der Waals surface area contributed by atoms with Crippen LogP contribution in [0.2, 0.25) is 0 Å². The molecule has 0 atom stereocenters. The normalized spacial score (nSPS) is 15.6. The number of amides is 1. The molecular formula is C20H32N4O3. The summed E-state index contributed by atoms with van der Waals surface area (Å²) in [6.07, 6.45) is 0.500. The number of carbonyl (C=O) groups excluding carboxylic acids is 1. The summed E-state index contributed by atoms with van der Waals surface area (Å²) in [5, 5.41) is 0. The van der Waals surface area contributed by atoms with Gasteiger partial charge in [-0.15, -0.1) is 0 Å². The predicted molar refractivity (Wildman–Crippen MR) is 107 cm³/mol. The highest BCUT2D eigenvalue weighted by atomic mass is 16.6. The van der Waals surface area contributed by atoms with E-state index >= 15 is 0 Å². The molecule has 1 fully saturated rings. The zero-order chi connectivity index (χ0) is 19.9. The smallest absolute Gasteiger partial charge is 0.410 e. The number of para-hydroxylation sites is 1. The second kappa shape index (κ2) is 9.48. The number of hydrogen-bond acceptors (Lipinski definition) is 4. The van der Waals surface area contributed by atoms with E-state index in [0.717, 1.165) is 17.7 Å². The molecule has 1 heterocycles. The van der Waals surface area contributed by atoms with E-state index in [4.69, 9.17) is 15.2 Å². The third-order valence-corrected chi connectivity index (χ3v) is 4.18. The predicted octanol–water partition coefficient (Wildman–Crippen LogP) is 2.50. The Bertz CT molecular complexity index is 647. The Morgan fingerprint density at radius 3 is 2.41 bits per heavy atom. The summed E-state index contributed by atoms with van der Waals surface area (Å²) in [5.41, 5.74) is 6.79. The molecule has 0 saturated carbocycles. The van der Waals surface area contributed by atoms with E-state index in [0.29, 0.717) is 45.3 Å². The number of nitrogens with zero attached hydrogens (tertiary/aromatic N) is 3. The summed E-state index contributed by atoms with van der Waals surface area (Å²) in [5.74, 6) is 1.42. The van der Waals surface area contributed by atoms with E-state index in [1.807, 2.05) is 50.8 Å². The van der Waals surface area contributed by atoms with Crippen LogP contribution >= 0.6 is 0 Å². The van der Waals surface area contributed by atoms with E-state index in [-0.39, 0.29) is 6.09 Å². The fraction of sp³-hybridized carbons (Fsp3) is 0.600. The molecule has 1 aliphatic heterocycles. The maximum absolute atomic E-state index is 12.1. The monoisotopic (exact) mass is 376 g/mol. The van der Waals surface area contributed by atoms with Crippen molar-refractivity contribution in [1.82, 2.24) is 9.80 Å². The summed E-state index contributed by atoms with van der Waals surface area (Å²) in [6.45, 7) is 11.3. The summed E-state index contributed by atoms with van der Waals surface area (Å²) in [6, 6.07) is 8.00. The Kier molecular flexibility index (Phi) is 7.33. The van der Waals surface area contributed by atoms with Gasteiger partial charge in [0, 0.05) is 32.7 Å². The topological polar surface area (TPSA) is 80.4 Å². The van der Waals surface area contributed by atoms with Crippen molar-refractivity contribution in [2.45, 2.75) is 39.7 Å². The molecule has 2 rings (SSSR count). The Morgan fingerprint density at radius 1 is 1.15 bits per heavy atom. The number of nitrogens with two attached hydrogens (primary N) is 1. The Hall–Kier alpha value is -2.44. The number of piperazine rings is 1. The largest absolute Gasteiger partial charge is 0.494 e. The minimum atomic E-state index is -0.480. The van der Waals surface area contributed by atoms with Gasteiger partial charge < -0.3 is 25.0 Å². The first kappa shape index (κ1) is 20.9. The van der Waals surface area contributed by atoms with Crippen molar-refractivity contribution < 1.29 is 14.3 Å². The zero-order valence-electron chi connectivity index (χ0n) is 16.9. The molecule has 2 N–H and O–H groups in total. The van der Waals surface area contributed by atoms with Gasteiger partial charge in [-0.3, -0.25) is 4.99 Å². The molecule has 7 nitrogen and oxygen atoms in total. The van der Waals surface area contributed by atoms with Gasteiger partial charge in [-0.2, -0.15) is 0 Å². The van der Waals surface area contributed by atoms with Gasteiger partial charge in [0.05, 0.1) is 6.61 Å². The summed E-state index contributed by atoms with van der Waals surface area (Å²) in [7, 11) is 0. The first-order valence-electron chi connectivity index (χ1n) is 9.53. The molecule has 1 amide bonds. The maximum atomic E-state index is 12.1. The van der Waals surface area contributed by atoms with Crippen LogP contribution in [0.1, 0.15) is 33.3 Å². The minimum Gasteiger partial charge on any atom is -0.494 e. The van der Waals surface area contributed by atoms with Gasteiger partial charge in [0.1, 0.15) is 11.4 Å². The minimum absolute atomic E-state index is 0.273. The SMILES string of the molecule is CCOc1ccccc1CCN=C(N)N1CCN(C(=O)OC(C)(C)C)CC1. The quantitative estimate of drug-likeness (QED) is 0.631. The molecule has 1 saturated heterocycles. The first-order chi connectivity index (χ1) is 12.8. The van der Waals surface area contributed by atoms with Crippen molar-refractivity contribution in [3.8, 4) is 5.75 Å². The average molecular weight is 377 g/mol. The van der Waals surface area contributed by atoms with Gasteiger partial charge in [-0.05, 0) is 45.7 Å². The number of rotatable bonds is 5. The molecular weight excluding hydrogens is 344 g/mol. The number of ether oxygens (including phenoxy) is 2. The van der Waals surface area contributed by atoms with Gasteiger partial charge in [-0.25, -0.2) is 4.79 Å². The number of benzene rings is 1. The molecule has 0 aromatic heterocycles. The lowest BCUT2D eigenvalue weighted by atomic mass is 10.1. The van der Waals surface area contributed by atoms with Crippen molar-refractivity contribution in [3.05, 3.63) is 29.8 Å². The lowest BCUT2D eigenvalue weighted by Gasteiger charge is -2.36. The first-order valence-corrected chi connectivity index (χ1v) is 9.53. The van der Waals surface area contributed by atoms with Crippen LogP contribution in [0.15, 0.2) is 29.3 Å². The van der Waals surface area contributed by atoms with Gasteiger partial charge in [0.15, 0.2) is 5.96 Å². The van der Waals surface area contributed by atoms with Crippen molar-refractivity contribution in [1.29, 1.82) is 0 Å². The second-order valence-electron chi connectivity index (χ2n) is 7.49. The van der Waals surface area contributed by atoms with Crippen LogP contribution in [0.4, 0.5) is 4.79 Å². The van der Waals surface area contributed by atoms with Gasteiger partial charge in [0.25, 0.3) is 0 Å². The van der Waals surface area contributed by atoms with Gasteiger partial charge in [-0.1, -0.05) is 18.2 Å². The van der Waals surface area contributed by atoms with Crippen LogP contribution in [-0.4, -0.2) is 66.8 Å². The van der Waals surface area contributed by atoms with Crippen LogP contribution in [-0.2, 0) is 11.2 Å². The zero-order valence-corrected chi connectivity index (χ0v) is 16.9. The standard InChI is InChI=1S/C20H32N4O3/c1-5-26-17-9-7-6-8-16(17)10-11-22-18(21)23-12-14-24(15-13-23)19(25)27-20(2,3)4/h6-9H,5,10-15H2,1-4H3,(H2,21,22). The van der Waals surface area contributed by atoms with Crippen LogP contribution < -0.4 is 10.5 Å². The highest BCUT2D eigenvalue weighted by Gasteiger charge is 2.26. The number of guanidine groups is 1. The lowest BCUT2D eigenvalue weighted by Crippen LogP contribution is -2.53. The average Bonchev–Trinajstić information content (AvgIpc) is 2.62. The Labute approximate surface area is 162 Å². The van der Waals surface area contributed by atoms with E-state index in [1.54, 1.807) is 4.90 Å². The van der Waals surface area contributed by atoms with Crippen molar-refractivity contribution in [2.24, 2.45) is 10.7 Å². The fourth-order valence-electron chi connectivity index (χ4n) is 2.84. The highest BCUT2D eigenvalue weighted by Crippen LogP contribution is 2.18. The molecule has 1 aromatic rings. The maximum Gasteiger partial charge on any atom is 0.410 e. The van der Waals surface area contributed by atoms with Crippen molar-refractivity contribution in [2.75, 3.05) is 39.3 Å². The van der Waals surface area contributed by atoms with E-state index in [1.165, 1.54) is 0 Å². The molecule has 0 aliphatic carbocycles. The van der Waals surface area contributed by atoms with Gasteiger partial charge >= 0.3 is 6.09 Å². The molecule has 0 radical (unpaired) electrons. The molecule has 0 bridgehead atoms. The van der Waals surface area contributed by atoms with Crippen LogP contribution in [0, 0.1) is 0 Å². The van der Waals surface area contributed by atoms with Crippen molar-refractivity contribution >= 4 is 12.1 Å². The van der Waals surface area contributed by atoms with Crippen LogP contribution in [0.3, 0.4) is 0 Å². The van der Waals surface area contributed by atoms with Crippen molar-refractivity contribution in [3.63, 3.8) is 0 Å². The second-order valence-corrected chi connectivity index (χ2v) is 7.49. The molecule has 0 spiro atoms. The molecule has 0 unspecified atom stereocenters. The van der Waals surface area contributed by atoms with E-state index in [2.05, 4.69) is 11.1 Å². The molecule has 150 valence electrons. The molecule has 1 aromatic carbocycles. The van der Waals surface area contributed by atoms with Crippen LogP contribution in [0.5, 0.6) is 5.75 Å². The summed E-state index contributed by atoms with van der Waals surface area (Å²) >= 11 is 0. The summed E-state index contributed by atoms with van der Waals surface area (Å²) in [4.78, 5) is 20.3. The molecule has 1 aliphatic rings. The molecule has 7 heteroatoms. The third kappa shape index (κ3) is 6.66. The number of hydrogen-bond donors (Lipinski definition) is 1. The van der Waals surface area contributed by atoms with E-state index < -0.39 is 5.60 Å². The van der Waals surface area contributed by atoms with E-state index in [9.17, 15) is 4.79 Å². The third-order valence-electron chi connectivity index (χ3n) is 4.18. The highest BCUT2D eigenvalue weighted by molar-refractivity contribution is 5.78. The Balaban J connectivity index is 1.82. The van der Waals surface area contributed by atoms with Crippen LogP contribution in [0.25, 0.3) is 0 Å². The fourth-order valence-corrected chi connectivity index (χ4v) is 2.84. The number of aliphatic imine (C=N–C) groups is 1. The summed E-state index contributed by atoms with van der Waals surface area (Å²) < 4.78 is 11.1. The Morgan fingerprint density at radius 2 is 1.78 bits per heavy atom.